The molecule has 0 fully saturated rings. The van der Waals surface area contributed by atoms with E-state index in [1.54, 1.807) is 0 Å². The first-order chi connectivity index (χ1) is 9.20. The van der Waals surface area contributed by atoms with Gasteiger partial charge in [0.05, 0.1) is 13.2 Å². The highest BCUT2D eigenvalue weighted by Crippen LogP contribution is 2.33. The SMILES string of the molecule is CCCOCCC(=O)Cc1cc(Br)cc2c1OCC2. The van der Waals surface area contributed by atoms with E-state index in [-0.39, 0.29) is 5.78 Å². The zero-order chi connectivity index (χ0) is 13.7. The molecular formula is C15H19BrO3. The van der Waals surface area contributed by atoms with Gasteiger partial charge >= 0.3 is 0 Å². The van der Waals surface area contributed by atoms with Gasteiger partial charge < -0.3 is 9.47 Å². The van der Waals surface area contributed by atoms with Gasteiger partial charge in [0.15, 0.2) is 0 Å². The highest BCUT2D eigenvalue weighted by atomic mass is 79.9. The van der Waals surface area contributed by atoms with Crippen molar-refractivity contribution in [2.75, 3.05) is 19.8 Å². The lowest BCUT2D eigenvalue weighted by Crippen LogP contribution is -2.08. The molecule has 1 aliphatic heterocycles. The number of fused-ring (bicyclic) bond motifs is 1. The highest BCUT2D eigenvalue weighted by molar-refractivity contribution is 9.10. The number of ketones is 1. The molecule has 0 radical (unpaired) electrons. The number of benzene rings is 1. The number of Topliss-reactive ketones (excluding diaryl/α,β-unsaturated/α-hetero) is 1. The fraction of sp³-hybridized carbons (Fsp3) is 0.533. The van der Waals surface area contributed by atoms with Crippen molar-refractivity contribution in [3.63, 3.8) is 0 Å². The molecule has 2 rings (SSSR count). The molecule has 0 atom stereocenters. The van der Waals surface area contributed by atoms with Crippen molar-refractivity contribution in [3.05, 3.63) is 27.7 Å². The van der Waals surface area contributed by atoms with Crippen LogP contribution in [0.5, 0.6) is 5.75 Å². The van der Waals surface area contributed by atoms with Gasteiger partial charge in [-0.3, -0.25) is 4.79 Å². The zero-order valence-corrected chi connectivity index (χ0v) is 12.8. The van der Waals surface area contributed by atoms with Gasteiger partial charge in [-0.1, -0.05) is 22.9 Å². The van der Waals surface area contributed by atoms with Gasteiger partial charge in [0.2, 0.25) is 0 Å². The van der Waals surface area contributed by atoms with Crippen molar-refractivity contribution in [2.45, 2.75) is 32.6 Å². The molecule has 0 unspecified atom stereocenters. The van der Waals surface area contributed by atoms with Crippen LogP contribution in [0.1, 0.15) is 30.9 Å². The molecule has 0 aromatic heterocycles. The predicted molar refractivity (Wildman–Crippen MR) is 77.8 cm³/mol. The number of hydrogen-bond donors (Lipinski definition) is 0. The largest absolute Gasteiger partial charge is 0.493 e. The Morgan fingerprint density at radius 2 is 2.26 bits per heavy atom. The fourth-order valence-corrected chi connectivity index (χ4v) is 2.76. The van der Waals surface area contributed by atoms with Crippen LogP contribution in [0.2, 0.25) is 0 Å². The number of halogens is 1. The van der Waals surface area contributed by atoms with Crippen LogP contribution in [-0.2, 0) is 22.4 Å². The summed E-state index contributed by atoms with van der Waals surface area (Å²) < 4.78 is 12.0. The number of hydrogen-bond acceptors (Lipinski definition) is 3. The molecule has 0 aliphatic carbocycles. The van der Waals surface area contributed by atoms with Crippen molar-refractivity contribution in [3.8, 4) is 5.75 Å². The minimum atomic E-state index is 0.201. The Morgan fingerprint density at radius 3 is 3.05 bits per heavy atom. The summed E-state index contributed by atoms with van der Waals surface area (Å²) in [6.45, 7) is 4.02. The van der Waals surface area contributed by atoms with Gasteiger partial charge in [-0.25, -0.2) is 0 Å². The lowest BCUT2D eigenvalue weighted by Gasteiger charge is -2.08. The molecule has 0 spiro atoms. The van der Waals surface area contributed by atoms with E-state index in [1.165, 1.54) is 5.56 Å². The summed E-state index contributed by atoms with van der Waals surface area (Å²) in [6.07, 6.45) is 2.81. The monoisotopic (exact) mass is 326 g/mol. The van der Waals surface area contributed by atoms with Gasteiger partial charge in [-0.2, -0.15) is 0 Å². The van der Waals surface area contributed by atoms with Crippen LogP contribution >= 0.6 is 15.9 Å². The smallest absolute Gasteiger partial charge is 0.139 e. The second kappa shape index (κ2) is 7.06. The topological polar surface area (TPSA) is 35.5 Å². The predicted octanol–water partition coefficient (Wildman–Crippen LogP) is 3.31. The van der Waals surface area contributed by atoms with E-state index in [9.17, 15) is 4.79 Å². The van der Waals surface area contributed by atoms with Crippen LogP contribution in [0.15, 0.2) is 16.6 Å². The Bertz CT molecular complexity index is 457. The van der Waals surface area contributed by atoms with Gasteiger partial charge in [-0.15, -0.1) is 0 Å². The number of ether oxygens (including phenoxy) is 2. The average molecular weight is 327 g/mol. The van der Waals surface area contributed by atoms with Crippen LogP contribution in [-0.4, -0.2) is 25.6 Å². The molecular weight excluding hydrogens is 308 g/mol. The average Bonchev–Trinajstić information content (AvgIpc) is 2.82. The molecule has 104 valence electrons. The quantitative estimate of drug-likeness (QED) is 0.721. The van der Waals surface area contributed by atoms with Crippen LogP contribution in [0.3, 0.4) is 0 Å². The van der Waals surface area contributed by atoms with Crippen LogP contribution in [0.4, 0.5) is 0 Å². The second-order valence-electron chi connectivity index (χ2n) is 4.73. The van der Waals surface area contributed by atoms with E-state index in [0.717, 1.165) is 35.2 Å². The van der Waals surface area contributed by atoms with Crippen LogP contribution in [0, 0.1) is 0 Å². The Morgan fingerprint density at radius 1 is 1.42 bits per heavy atom. The van der Waals surface area contributed by atoms with E-state index in [2.05, 4.69) is 28.9 Å². The number of carbonyl (C=O) groups excluding carboxylic acids is 1. The third-order valence-corrected chi connectivity index (χ3v) is 3.54. The lowest BCUT2D eigenvalue weighted by atomic mass is 10.0. The van der Waals surface area contributed by atoms with E-state index < -0.39 is 0 Å². The fourth-order valence-electron chi connectivity index (χ4n) is 2.21. The maximum absolute atomic E-state index is 11.9. The van der Waals surface area contributed by atoms with E-state index in [1.807, 2.05) is 6.07 Å². The minimum Gasteiger partial charge on any atom is -0.493 e. The molecule has 1 aromatic rings. The molecule has 0 N–H and O–H groups in total. The standard InChI is InChI=1S/C15H19BrO3/c1-2-5-18-6-4-14(17)10-12-9-13(16)8-11-3-7-19-15(11)12/h8-9H,2-7,10H2,1H3. The Labute approximate surface area is 122 Å². The molecule has 4 heteroatoms. The summed E-state index contributed by atoms with van der Waals surface area (Å²) in [5.74, 6) is 1.11. The van der Waals surface area contributed by atoms with Crippen molar-refractivity contribution in [1.82, 2.24) is 0 Å². The van der Waals surface area contributed by atoms with Crippen molar-refractivity contribution < 1.29 is 14.3 Å². The first kappa shape index (κ1) is 14.5. The maximum atomic E-state index is 11.9. The van der Waals surface area contributed by atoms with Crippen molar-refractivity contribution in [2.24, 2.45) is 0 Å². The summed E-state index contributed by atoms with van der Waals surface area (Å²) in [6, 6.07) is 4.05. The summed E-state index contributed by atoms with van der Waals surface area (Å²) in [4.78, 5) is 11.9. The van der Waals surface area contributed by atoms with Gasteiger partial charge in [0.25, 0.3) is 0 Å². The van der Waals surface area contributed by atoms with E-state index >= 15 is 0 Å². The van der Waals surface area contributed by atoms with Gasteiger partial charge in [0.1, 0.15) is 11.5 Å². The highest BCUT2D eigenvalue weighted by Gasteiger charge is 2.19. The Kier molecular flexibility index (Phi) is 5.40. The van der Waals surface area contributed by atoms with E-state index in [4.69, 9.17) is 9.47 Å². The molecule has 0 bridgehead atoms. The molecule has 19 heavy (non-hydrogen) atoms. The summed E-state index contributed by atoms with van der Waals surface area (Å²) in [5.41, 5.74) is 2.18. The summed E-state index contributed by atoms with van der Waals surface area (Å²) in [7, 11) is 0. The van der Waals surface area contributed by atoms with Gasteiger partial charge in [-0.05, 0) is 24.1 Å². The lowest BCUT2D eigenvalue weighted by molar-refractivity contribution is -0.119. The first-order valence-corrected chi connectivity index (χ1v) is 7.53. The third-order valence-electron chi connectivity index (χ3n) is 3.09. The molecule has 1 aromatic carbocycles. The molecule has 1 aliphatic rings. The Hall–Kier alpha value is -0.870. The third kappa shape index (κ3) is 4.05. The number of rotatable bonds is 7. The molecule has 0 saturated heterocycles. The van der Waals surface area contributed by atoms with Crippen LogP contribution < -0.4 is 4.74 Å². The van der Waals surface area contributed by atoms with E-state index in [0.29, 0.717) is 26.1 Å². The molecule has 0 saturated carbocycles. The maximum Gasteiger partial charge on any atom is 0.139 e. The molecule has 3 nitrogen and oxygen atoms in total. The Balaban J connectivity index is 1.94. The summed E-state index contributed by atoms with van der Waals surface area (Å²) in [5, 5.41) is 0. The zero-order valence-electron chi connectivity index (χ0n) is 11.2. The minimum absolute atomic E-state index is 0.201. The summed E-state index contributed by atoms with van der Waals surface area (Å²) >= 11 is 3.49. The second-order valence-corrected chi connectivity index (χ2v) is 5.65. The molecule has 1 heterocycles. The first-order valence-electron chi connectivity index (χ1n) is 6.74. The number of carbonyl (C=O) groups is 1. The molecule has 0 amide bonds. The van der Waals surface area contributed by atoms with Crippen molar-refractivity contribution in [1.29, 1.82) is 0 Å². The normalized spacial score (nSPS) is 13.2. The van der Waals surface area contributed by atoms with Gasteiger partial charge in [0, 0.05) is 35.9 Å². The van der Waals surface area contributed by atoms with Crippen LogP contribution in [0.25, 0.3) is 0 Å². The van der Waals surface area contributed by atoms with Crippen molar-refractivity contribution >= 4 is 21.7 Å².